The number of allylic oxidation sites excluding steroid dienone is 1. The molecule has 1 aliphatic heterocycles. The Morgan fingerprint density at radius 1 is 1.16 bits per heavy atom. The minimum Gasteiger partial charge on any atom is -0.493 e. The van der Waals surface area contributed by atoms with Gasteiger partial charge in [-0.25, -0.2) is 4.68 Å². The molecule has 5 heteroatoms. The van der Waals surface area contributed by atoms with Crippen molar-refractivity contribution in [2.24, 2.45) is 4.99 Å². The van der Waals surface area contributed by atoms with Gasteiger partial charge >= 0.3 is 0 Å². The molecule has 3 aromatic rings. The van der Waals surface area contributed by atoms with Gasteiger partial charge in [-0.1, -0.05) is 37.3 Å². The zero-order valence-electron chi connectivity index (χ0n) is 13.7. The number of aromatic hydroxyl groups is 1. The van der Waals surface area contributed by atoms with E-state index in [0.717, 1.165) is 23.2 Å². The van der Waals surface area contributed by atoms with Gasteiger partial charge in [-0.15, -0.1) is 0 Å². The van der Waals surface area contributed by atoms with Crippen LogP contribution in [0.15, 0.2) is 58.3 Å². The average molecular weight is 331 g/mol. The smallest absolute Gasteiger partial charge is 0.275 e. The molecule has 4 rings (SSSR count). The number of aryl methyl sites for hydroxylation is 1. The lowest BCUT2D eigenvalue weighted by molar-refractivity contribution is 0.432. The van der Waals surface area contributed by atoms with Gasteiger partial charge in [0.15, 0.2) is 0 Å². The van der Waals surface area contributed by atoms with E-state index in [9.17, 15) is 9.90 Å². The predicted octanol–water partition coefficient (Wildman–Crippen LogP) is 3.69. The molecule has 2 aromatic carbocycles. The van der Waals surface area contributed by atoms with E-state index < -0.39 is 0 Å². The number of fused-ring (bicyclic) bond motifs is 1. The maximum absolute atomic E-state index is 12.3. The number of benzene rings is 2. The summed E-state index contributed by atoms with van der Waals surface area (Å²) in [6.45, 7) is 2.08. The van der Waals surface area contributed by atoms with Crippen LogP contribution in [0.1, 0.15) is 23.6 Å². The topological polar surface area (TPSA) is 70.4 Å². The molecule has 2 N–H and O–H groups in total. The molecular formula is C20H17N3O2. The fraction of sp³-hybridized carbons (Fsp3) is 0.100. The highest BCUT2D eigenvalue weighted by atomic mass is 16.3. The lowest BCUT2D eigenvalue weighted by Gasteiger charge is -2.05. The van der Waals surface area contributed by atoms with E-state index in [1.807, 2.05) is 48.5 Å². The first-order valence-electron chi connectivity index (χ1n) is 8.16. The number of aliphatic imine (C=N–C) groups is 1. The molecular weight excluding hydrogens is 314 g/mol. The third kappa shape index (κ3) is 2.59. The first-order valence-corrected chi connectivity index (χ1v) is 8.16. The van der Waals surface area contributed by atoms with E-state index in [2.05, 4.69) is 17.0 Å². The van der Waals surface area contributed by atoms with Gasteiger partial charge in [0.05, 0.1) is 11.4 Å². The molecule has 5 nitrogen and oxygen atoms in total. The Bertz CT molecular complexity index is 1050. The number of H-pyrrole nitrogens is 1. The minimum absolute atomic E-state index is 0.112. The van der Waals surface area contributed by atoms with Gasteiger partial charge in [0.25, 0.3) is 5.56 Å². The van der Waals surface area contributed by atoms with Crippen LogP contribution in [-0.4, -0.2) is 21.1 Å². The summed E-state index contributed by atoms with van der Waals surface area (Å²) < 4.78 is 1.40. The number of nitrogens with one attached hydrogen (secondary N) is 1. The van der Waals surface area contributed by atoms with Crippen LogP contribution < -0.4 is 5.56 Å². The molecule has 0 amide bonds. The van der Waals surface area contributed by atoms with Crippen molar-refractivity contribution in [2.45, 2.75) is 13.3 Å². The van der Waals surface area contributed by atoms with Crippen LogP contribution >= 0.6 is 0 Å². The number of rotatable bonds is 3. The Morgan fingerprint density at radius 2 is 1.92 bits per heavy atom. The van der Waals surface area contributed by atoms with Gasteiger partial charge in [0, 0.05) is 17.4 Å². The van der Waals surface area contributed by atoms with Gasteiger partial charge in [-0.2, -0.15) is 0 Å². The zero-order valence-corrected chi connectivity index (χ0v) is 13.7. The molecule has 0 bridgehead atoms. The standard InChI is InChI=1S/C20H17N3O2/c1-2-13-7-9-15(10-8-13)23-20(25)17(19(24)22-23)11-14-12-21-18-6-4-3-5-16(14)18/h3-12,25H,2H2,1H3,(H,22,24). The Hall–Kier alpha value is -3.34. The quantitative estimate of drug-likeness (QED) is 0.768. The summed E-state index contributed by atoms with van der Waals surface area (Å²) in [6, 6.07) is 15.4. The van der Waals surface area contributed by atoms with Crippen LogP contribution in [0.25, 0.3) is 17.3 Å². The number of hydrogen-bond donors (Lipinski definition) is 2. The Balaban J connectivity index is 1.78. The van der Waals surface area contributed by atoms with Gasteiger partial charge in [-0.3, -0.25) is 14.9 Å². The monoisotopic (exact) mass is 331 g/mol. The van der Waals surface area contributed by atoms with Crippen molar-refractivity contribution >= 4 is 23.6 Å². The van der Waals surface area contributed by atoms with Gasteiger partial charge in [0.2, 0.25) is 5.88 Å². The normalized spacial score (nSPS) is 14.2. The number of para-hydroxylation sites is 1. The summed E-state index contributed by atoms with van der Waals surface area (Å²) in [6.07, 6.45) is 4.31. The lowest BCUT2D eigenvalue weighted by Crippen LogP contribution is -2.05. The summed E-state index contributed by atoms with van der Waals surface area (Å²) in [7, 11) is 0. The highest BCUT2D eigenvalue weighted by molar-refractivity contribution is 6.21. The molecule has 1 aromatic heterocycles. The predicted molar refractivity (Wildman–Crippen MR) is 99.9 cm³/mol. The van der Waals surface area contributed by atoms with Crippen molar-refractivity contribution in [3.05, 3.63) is 75.6 Å². The van der Waals surface area contributed by atoms with E-state index in [1.165, 1.54) is 10.2 Å². The van der Waals surface area contributed by atoms with Crippen molar-refractivity contribution < 1.29 is 5.11 Å². The van der Waals surface area contributed by atoms with Crippen molar-refractivity contribution in [3.63, 3.8) is 0 Å². The molecule has 0 spiro atoms. The van der Waals surface area contributed by atoms with E-state index in [4.69, 9.17) is 0 Å². The van der Waals surface area contributed by atoms with Crippen LogP contribution in [0.4, 0.5) is 5.69 Å². The highest BCUT2D eigenvalue weighted by Crippen LogP contribution is 2.33. The Kier molecular flexibility index (Phi) is 3.61. The summed E-state index contributed by atoms with van der Waals surface area (Å²) >= 11 is 0. The van der Waals surface area contributed by atoms with Gasteiger partial charge in [-0.05, 0) is 36.3 Å². The van der Waals surface area contributed by atoms with Crippen molar-refractivity contribution in [3.8, 4) is 11.6 Å². The number of nitrogens with zero attached hydrogens (tertiary/aromatic N) is 2. The molecule has 0 radical (unpaired) electrons. The maximum Gasteiger partial charge on any atom is 0.275 e. The first kappa shape index (κ1) is 15.2. The molecule has 2 heterocycles. The second-order valence-corrected chi connectivity index (χ2v) is 5.91. The summed E-state index contributed by atoms with van der Waals surface area (Å²) in [5.74, 6) is -0.112. The highest BCUT2D eigenvalue weighted by Gasteiger charge is 2.17. The van der Waals surface area contributed by atoms with Crippen LogP contribution in [0.2, 0.25) is 0 Å². The largest absolute Gasteiger partial charge is 0.493 e. The molecule has 0 unspecified atom stereocenters. The maximum atomic E-state index is 12.3. The average Bonchev–Trinajstić information content (AvgIpc) is 3.18. The van der Waals surface area contributed by atoms with E-state index in [1.54, 1.807) is 12.3 Å². The molecule has 0 saturated heterocycles. The van der Waals surface area contributed by atoms with Crippen LogP contribution in [0.5, 0.6) is 5.88 Å². The second-order valence-electron chi connectivity index (χ2n) is 5.91. The van der Waals surface area contributed by atoms with E-state index in [0.29, 0.717) is 5.69 Å². The second kappa shape index (κ2) is 5.94. The van der Waals surface area contributed by atoms with E-state index in [-0.39, 0.29) is 17.0 Å². The van der Waals surface area contributed by atoms with Crippen molar-refractivity contribution in [2.75, 3.05) is 0 Å². The fourth-order valence-corrected chi connectivity index (χ4v) is 2.94. The molecule has 0 fully saturated rings. The molecule has 0 saturated carbocycles. The lowest BCUT2D eigenvalue weighted by atomic mass is 10.1. The molecule has 0 aliphatic carbocycles. The Labute approximate surface area is 144 Å². The number of aromatic amines is 1. The fourth-order valence-electron chi connectivity index (χ4n) is 2.94. The van der Waals surface area contributed by atoms with Gasteiger partial charge in [0.1, 0.15) is 5.56 Å². The first-order chi connectivity index (χ1) is 12.2. The van der Waals surface area contributed by atoms with E-state index >= 15 is 0 Å². The van der Waals surface area contributed by atoms with Crippen molar-refractivity contribution in [1.29, 1.82) is 0 Å². The minimum atomic E-state index is -0.345. The zero-order chi connectivity index (χ0) is 17.4. The Morgan fingerprint density at radius 3 is 2.68 bits per heavy atom. The van der Waals surface area contributed by atoms with Crippen LogP contribution in [0.3, 0.4) is 0 Å². The number of hydrogen-bond acceptors (Lipinski definition) is 3. The van der Waals surface area contributed by atoms with Crippen LogP contribution in [-0.2, 0) is 6.42 Å². The summed E-state index contributed by atoms with van der Waals surface area (Å²) in [5.41, 5.74) is 4.38. The molecule has 0 atom stereocenters. The van der Waals surface area contributed by atoms with Crippen LogP contribution in [0, 0.1) is 0 Å². The SMILES string of the molecule is CCc1ccc(-n2[nH]c(=O)c(C=C3C=Nc4ccccc43)c2O)cc1. The third-order valence-electron chi connectivity index (χ3n) is 4.37. The molecule has 124 valence electrons. The summed E-state index contributed by atoms with van der Waals surface area (Å²) in [5, 5.41) is 13.2. The number of aromatic nitrogens is 2. The van der Waals surface area contributed by atoms with Gasteiger partial charge < -0.3 is 5.11 Å². The third-order valence-corrected chi connectivity index (χ3v) is 4.37. The van der Waals surface area contributed by atoms with Crippen molar-refractivity contribution in [1.82, 2.24) is 9.78 Å². The summed E-state index contributed by atoms with van der Waals surface area (Å²) in [4.78, 5) is 16.7. The molecule has 1 aliphatic rings. The molecule has 25 heavy (non-hydrogen) atoms.